The Bertz CT molecular complexity index is 795. The van der Waals surface area contributed by atoms with E-state index in [0.717, 1.165) is 18.2 Å². The molecule has 1 aromatic carbocycles. The van der Waals surface area contributed by atoms with E-state index in [1.54, 1.807) is 13.8 Å². The van der Waals surface area contributed by atoms with Gasteiger partial charge in [0, 0.05) is 0 Å². The van der Waals surface area contributed by atoms with Crippen molar-refractivity contribution < 1.29 is 35.9 Å². The number of alkyl halides is 3. The highest BCUT2D eigenvalue weighted by Gasteiger charge is 2.35. The molecule has 3 atom stereocenters. The molecule has 152 valence electrons. The van der Waals surface area contributed by atoms with Crippen molar-refractivity contribution in [1.29, 1.82) is 0 Å². The lowest BCUT2D eigenvalue weighted by atomic mass is 10.0. The van der Waals surface area contributed by atoms with Crippen LogP contribution in [0.15, 0.2) is 29.2 Å². The van der Waals surface area contributed by atoms with Crippen molar-refractivity contribution in [3.05, 3.63) is 29.8 Å². The number of esters is 1. The van der Waals surface area contributed by atoms with E-state index in [9.17, 15) is 31.2 Å². The number of ether oxygens (including phenoxy) is 1. The molecule has 0 bridgehead atoms. The second-order valence-electron chi connectivity index (χ2n) is 5.99. The molecule has 1 rings (SSSR count). The van der Waals surface area contributed by atoms with Gasteiger partial charge in [-0.1, -0.05) is 26.3 Å². The van der Waals surface area contributed by atoms with Crippen molar-refractivity contribution in [2.45, 2.75) is 50.4 Å². The average molecular weight is 410 g/mol. The third kappa shape index (κ3) is 6.21. The van der Waals surface area contributed by atoms with E-state index in [1.807, 2.05) is 0 Å². The molecule has 0 heterocycles. The maximum Gasteiger partial charge on any atom is 0.416 e. The number of primary amides is 1. The van der Waals surface area contributed by atoms with Gasteiger partial charge in [0.25, 0.3) is 5.91 Å². The molecule has 0 unspecified atom stereocenters. The molecule has 0 spiro atoms. The van der Waals surface area contributed by atoms with Gasteiger partial charge in [0.2, 0.25) is 10.0 Å². The Morgan fingerprint density at radius 2 is 1.85 bits per heavy atom. The number of sulfonamides is 1. The van der Waals surface area contributed by atoms with Crippen LogP contribution in [-0.4, -0.2) is 32.4 Å². The van der Waals surface area contributed by atoms with E-state index in [-0.39, 0.29) is 0 Å². The summed E-state index contributed by atoms with van der Waals surface area (Å²) in [7, 11) is -4.47. The minimum absolute atomic E-state index is 0.357. The summed E-state index contributed by atoms with van der Waals surface area (Å²) < 4.78 is 70.3. The van der Waals surface area contributed by atoms with Gasteiger partial charge in [-0.15, -0.1) is 0 Å². The molecule has 1 aromatic rings. The first kappa shape index (κ1) is 22.9. The first-order chi connectivity index (χ1) is 12.3. The fraction of sp³-hybridized carbons (Fsp3) is 0.500. The average Bonchev–Trinajstić information content (AvgIpc) is 2.58. The maximum atomic E-state index is 12.8. The summed E-state index contributed by atoms with van der Waals surface area (Å²) in [6.07, 6.45) is -5.66. The van der Waals surface area contributed by atoms with Crippen LogP contribution in [0.25, 0.3) is 0 Å². The summed E-state index contributed by atoms with van der Waals surface area (Å²) in [6.45, 7) is 4.45. The van der Waals surface area contributed by atoms with Crippen molar-refractivity contribution in [3.63, 3.8) is 0 Å². The van der Waals surface area contributed by atoms with Gasteiger partial charge in [0.1, 0.15) is 6.04 Å². The van der Waals surface area contributed by atoms with Crippen molar-refractivity contribution in [2.75, 3.05) is 0 Å². The van der Waals surface area contributed by atoms with Crippen LogP contribution in [0, 0.1) is 5.92 Å². The molecule has 0 radical (unpaired) electrons. The number of halogens is 3. The highest BCUT2D eigenvalue weighted by molar-refractivity contribution is 7.89. The predicted molar refractivity (Wildman–Crippen MR) is 89.8 cm³/mol. The Kier molecular flexibility index (Phi) is 7.38. The van der Waals surface area contributed by atoms with E-state index < -0.39 is 56.6 Å². The van der Waals surface area contributed by atoms with Crippen LogP contribution in [0.5, 0.6) is 0 Å². The van der Waals surface area contributed by atoms with Crippen molar-refractivity contribution in [3.8, 4) is 0 Å². The molecular formula is C16H21F3N2O5S. The lowest BCUT2D eigenvalue weighted by Crippen LogP contribution is -2.47. The topological polar surface area (TPSA) is 116 Å². The first-order valence-electron chi connectivity index (χ1n) is 7.99. The molecule has 0 fully saturated rings. The van der Waals surface area contributed by atoms with Crippen LogP contribution in [0.2, 0.25) is 0 Å². The van der Waals surface area contributed by atoms with Gasteiger partial charge in [-0.3, -0.25) is 9.59 Å². The van der Waals surface area contributed by atoms with Crippen LogP contribution in [-0.2, 0) is 30.5 Å². The molecular weight excluding hydrogens is 389 g/mol. The van der Waals surface area contributed by atoms with Gasteiger partial charge < -0.3 is 10.5 Å². The Balaban J connectivity index is 3.17. The van der Waals surface area contributed by atoms with Crippen molar-refractivity contribution >= 4 is 21.9 Å². The SMILES string of the molecule is CC[C@H](C)[C@H](NS(=O)(=O)c1cccc(C(F)(F)F)c1)C(=O)O[C@H](C)C(N)=O. The van der Waals surface area contributed by atoms with Gasteiger partial charge >= 0.3 is 12.1 Å². The Hall–Kier alpha value is -2.14. The number of benzene rings is 1. The minimum Gasteiger partial charge on any atom is -0.451 e. The van der Waals surface area contributed by atoms with Crippen LogP contribution in [0.4, 0.5) is 13.2 Å². The lowest BCUT2D eigenvalue weighted by Gasteiger charge is -2.24. The number of hydrogen-bond acceptors (Lipinski definition) is 5. The predicted octanol–water partition coefficient (Wildman–Crippen LogP) is 1.82. The molecule has 7 nitrogen and oxygen atoms in total. The lowest BCUT2D eigenvalue weighted by molar-refractivity contribution is -0.156. The highest BCUT2D eigenvalue weighted by atomic mass is 32.2. The van der Waals surface area contributed by atoms with E-state index in [4.69, 9.17) is 10.5 Å². The third-order valence-electron chi connectivity index (χ3n) is 3.91. The number of nitrogens with two attached hydrogens (primary N) is 1. The summed E-state index contributed by atoms with van der Waals surface area (Å²) in [4.78, 5) is 22.6. The van der Waals surface area contributed by atoms with Gasteiger partial charge in [-0.05, 0) is 31.0 Å². The Morgan fingerprint density at radius 1 is 1.26 bits per heavy atom. The zero-order valence-electron chi connectivity index (χ0n) is 14.9. The third-order valence-corrected chi connectivity index (χ3v) is 5.35. The largest absolute Gasteiger partial charge is 0.451 e. The number of nitrogens with one attached hydrogen (secondary N) is 1. The molecule has 0 saturated carbocycles. The molecule has 0 saturated heterocycles. The summed E-state index contributed by atoms with van der Waals surface area (Å²) >= 11 is 0. The minimum atomic E-state index is -4.72. The zero-order chi connectivity index (χ0) is 21.0. The number of carbonyl (C=O) groups is 2. The standard InChI is InChI=1S/C16H21F3N2O5S/c1-4-9(2)13(15(23)26-10(3)14(20)22)21-27(24,25)12-7-5-6-11(8-12)16(17,18)19/h5-10,13,21H,4H2,1-3H3,(H2,20,22)/t9-,10+,13-/m0/s1. The quantitative estimate of drug-likeness (QED) is 0.634. The summed E-state index contributed by atoms with van der Waals surface area (Å²) in [5.41, 5.74) is 3.86. The molecule has 0 aliphatic heterocycles. The molecule has 1 amide bonds. The Labute approximate surface area is 155 Å². The summed E-state index contributed by atoms with van der Waals surface area (Å²) in [6, 6.07) is 1.71. The second-order valence-corrected chi connectivity index (χ2v) is 7.71. The fourth-order valence-electron chi connectivity index (χ4n) is 2.01. The normalized spacial score (nSPS) is 15.6. The molecule has 3 N–H and O–H groups in total. The highest BCUT2D eigenvalue weighted by Crippen LogP contribution is 2.30. The van der Waals surface area contributed by atoms with Crippen LogP contribution in [0.3, 0.4) is 0 Å². The molecule has 0 aliphatic carbocycles. The monoisotopic (exact) mass is 410 g/mol. The van der Waals surface area contributed by atoms with Crippen LogP contribution in [0.1, 0.15) is 32.8 Å². The first-order valence-corrected chi connectivity index (χ1v) is 9.47. The summed E-state index contributed by atoms with van der Waals surface area (Å²) in [5.74, 6) is -2.53. The molecule has 0 aromatic heterocycles. The van der Waals surface area contributed by atoms with Crippen molar-refractivity contribution in [2.24, 2.45) is 11.7 Å². The van der Waals surface area contributed by atoms with E-state index >= 15 is 0 Å². The fourth-order valence-corrected chi connectivity index (χ4v) is 3.35. The summed E-state index contributed by atoms with van der Waals surface area (Å²) in [5, 5.41) is 0. The van der Waals surface area contributed by atoms with E-state index in [1.165, 1.54) is 6.92 Å². The number of rotatable bonds is 8. The number of carbonyl (C=O) groups excluding carboxylic acids is 2. The second kappa shape index (κ2) is 8.70. The zero-order valence-corrected chi connectivity index (χ0v) is 15.7. The molecule has 0 aliphatic rings. The molecule has 27 heavy (non-hydrogen) atoms. The Morgan fingerprint density at radius 3 is 2.33 bits per heavy atom. The molecule has 11 heteroatoms. The van der Waals surface area contributed by atoms with Crippen LogP contribution >= 0.6 is 0 Å². The van der Waals surface area contributed by atoms with Gasteiger partial charge in [0.15, 0.2) is 6.10 Å². The smallest absolute Gasteiger partial charge is 0.416 e. The number of hydrogen-bond donors (Lipinski definition) is 2. The van der Waals surface area contributed by atoms with Gasteiger partial charge in [-0.25, -0.2) is 8.42 Å². The van der Waals surface area contributed by atoms with Gasteiger partial charge in [0.05, 0.1) is 10.5 Å². The van der Waals surface area contributed by atoms with E-state index in [2.05, 4.69) is 4.72 Å². The van der Waals surface area contributed by atoms with Gasteiger partial charge in [-0.2, -0.15) is 17.9 Å². The maximum absolute atomic E-state index is 12.8. The van der Waals surface area contributed by atoms with Crippen LogP contribution < -0.4 is 10.5 Å². The number of amides is 1. The van der Waals surface area contributed by atoms with Crippen molar-refractivity contribution in [1.82, 2.24) is 4.72 Å². The van der Waals surface area contributed by atoms with E-state index in [0.29, 0.717) is 12.5 Å².